The average Bonchev–Trinajstić information content (AvgIpc) is 1.97. The SMILES string of the molecule is CC(N)C(N1CCSC(C)(C)C1)C(F)(F)F. The van der Waals surface area contributed by atoms with Gasteiger partial charge in [0.2, 0.25) is 0 Å². The number of rotatable bonds is 2. The van der Waals surface area contributed by atoms with Crippen LogP contribution in [0.5, 0.6) is 0 Å². The summed E-state index contributed by atoms with van der Waals surface area (Å²) in [5.74, 6) is 0.728. The van der Waals surface area contributed by atoms with E-state index >= 15 is 0 Å². The molecule has 1 fully saturated rings. The first-order valence-corrected chi connectivity index (χ1v) is 6.32. The number of hydrogen-bond donors (Lipinski definition) is 1. The summed E-state index contributed by atoms with van der Waals surface area (Å²) in [6, 6.07) is -2.41. The Kier molecular flexibility index (Phi) is 4.18. The molecule has 2 N–H and O–H groups in total. The number of nitrogens with two attached hydrogens (primary N) is 1. The van der Waals surface area contributed by atoms with Gasteiger partial charge in [-0.25, -0.2) is 0 Å². The Balaban J connectivity index is 2.80. The molecule has 0 saturated carbocycles. The van der Waals surface area contributed by atoms with Crippen LogP contribution in [0.1, 0.15) is 20.8 Å². The maximum absolute atomic E-state index is 12.9. The predicted molar refractivity (Wildman–Crippen MR) is 61.6 cm³/mol. The van der Waals surface area contributed by atoms with Gasteiger partial charge in [-0.15, -0.1) is 0 Å². The van der Waals surface area contributed by atoms with Crippen LogP contribution in [0.4, 0.5) is 13.2 Å². The smallest absolute Gasteiger partial charge is 0.326 e. The highest BCUT2D eigenvalue weighted by Crippen LogP contribution is 2.35. The van der Waals surface area contributed by atoms with E-state index in [0.717, 1.165) is 5.75 Å². The van der Waals surface area contributed by atoms with Gasteiger partial charge >= 0.3 is 6.18 Å². The molecule has 1 heterocycles. The number of hydrogen-bond acceptors (Lipinski definition) is 3. The summed E-state index contributed by atoms with van der Waals surface area (Å²) >= 11 is 1.71. The first-order chi connectivity index (χ1) is 7.13. The third-order valence-corrected chi connectivity index (χ3v) is 3.98. The maximum atomic E-state index is 12.9. The summed E-state index contributed by atoms with van der Waals surface area (Å²) < 4.78 is 38.5. The zero-order valence-corrected chi connectivity index (χ0v) is 10.7. The Bertz CT molecular complexity index is 241. The van der Waals surface area contributed by atoms with E-state index in [-0.39, 0.29) is 4.75 Å². The fourth-order valence-corrected chi connectivity index (χ4v) is 3.26. The van der Waals surface area contributed by atoms with Crippen LogP contribution in [0.25, 0.3) is 0 Å². The minimum Gasteiger partial charge on any atom is -0.326 e. The molecule has 96 valence electrons. The average molecular weight is 256 g/mol. The van der Waals surface area contributed by atoms with Crippen molar-refractivity contribution >= 4 is 11.8 Å². The molecule has 1 aliphatic rings. The minimum atomic E-state index is -4.24. The van der Waals surface area contributed by atoms with E-state index in [1.807, 2.05) is 13.8 Å². The van der Waals surface area contributed by atoms with Gasteiger partial charge in [0, 0.05) is 29.6 Å². The molecular weight excluding hydrogens is 237 g/mol. The molecule has 0 bridgehead atoms. The molecule has 2 unspecified atom stereocenters. The summed E-state index contributed by atoms with van der Waals surface area (Å²) in [5, 5.41) is 0. The van der Waals surface area contributed by atoms with Gasteiger partial charge in [-0.3, -0.25) is 4.90 Å². The van der Waals surface area contributed by atoms with Crippen molar-refractivity contribution in [3.63, 3.8) is 0 Å². The first-order valence-electron chi connectivity index (χ1n) is 5.34. The molecule has 2 nitrogen and oxygen atoms in total. The van der Waals surface area contributed by atoms with Crippen LogP contribution in [0.3, 0.4) is 0 Å². The second-order valence-electron chi connectivity index (χ2n) is 4.92. The van der Waals surface area contributed by atoms with Crippen LogP contribution in [0, 0.1) is 0 Å². The first kappa shape index (κ1) is 14.1. The standard InChI is InChI=1S/C10H19F3N2S/c1-7(14)8(10(11,12)13)15-4-5-16-9(2,3)6-15/h7-8H,4-6,14H2,1-3H3. The quantitative estimate of drug-likeness (QED) is 0.820. The molecule has 0 aromatic heterocycles. The van der Waals surface area contributed by atoms with Crippen LogP contribution in [0.15, 0.2) is 0 Å². The highest BCUT2D eigenvalue weighted by molar-refractivity contribution is 8.00. The summed E-state index contributed by atoms with van der Waals surface area (Å²) in [6.45, 7) is 6.26. The Morgan fingerprint density at radius 2 is 1.94 bits per heavy atom. The fourth-order valence-electron chi connectivity index (χ4n) is 2.13. The van der Waals surface area contributed by atoms with Crippen molar-refractivity contribution in [1.82, 2.24) is 4.90 Å². The van der Waals surface area contributed by atoms with Gasteiger partial charge in [-0.2, -0.15) is 24.9 Å². The highest BCUT2D eigenvalue weighted by atomic mass is 32.2. The molecular formula is C10H19F3N2S. The lowest BCUT2D eigenvalue weighted by molar-refractivity contribution is -0.188. The second-order valence-corrected chi connectivity index (χ2v) is 6.73. The van der Waals surface area contributed by atoms with Gasteiger partial charge in [0.1, 0.15) is 6.04 Å². The van der Waals surface area contributed by atoms with E-state index in [0.29, 0.717) is 13.1 Å². The normalized spacial score (nSPS) is 26.4. The van der Waals surface area contributed by atoms with Crippen molar-refractivity contribution in [1.29, 1.82) is 0 Å². The molecule has 2 atom stereocenters. The van der Waals surface area contributed by atoms with E-state index in [2.05, 4.69) is 0 Å². The lowest BCUT2D eigenvalue weighted by Crippen LogP contribution is -2.59. The van der Waals surface area contributed by atoms with Crippen molar-refractivity contribution in [3.05, 3.63) is 0 Å². The molecule has 1 saturated heterocycles. The van der Waals surface area contributed by atoms with E-state index in [4.69, 9.17) is 5.73 Å². The molecule has 0 aromatic rings. The van der Waals surface area contributed by atoms with Crippen molar-refractivity contribution < 1.29 is 13.2 Å². The third kappa shape index (κ3) is 3.53. The molecule has 1 aliphatic heterocycles. The van der Waals surface area contributed by atoms with Gasteiger partial charge in [-0.05, 0) is 20.8 Å². The molecule has 6 heteroatoms. The lowest BCUT2D eigenvalue weighted by atomic mass is 10.1. The van der Waals surface area contributed by atoms with Gasteiger partial charge in [0.15, 0.2) is 0 Å². The van der Waals surface area contributed by atoms with Gasteiger partial charge in [-0.1, -0.05) is 0 Å². The molecule has 1 rings (SSSR count). The number of nitrogens with zero attached hydrogens (tertiary/aromatic N) is 1. The minimum absolute atomic E-state index is 0.128. The van der Waals surface area contributed by atoms with Crippen LogP contribution in [0.2, 0.25) is 0 Å². The molecule has 0 radical (unpaired) electrons. The number of halogens is 3. The van der Waals surface area contributed by atoms with E-state index in [1.165, 1.54) is 11.8 Å². The Morgan fingerprint density at radius 1 is 1.38 bits per heavy atom. The van der Waals surface area contributed by atoms with E-state index < -0.39 is 18.3 Å². The lowest BCUT2D eigenvalue weighted by Gasteiger charge is -2.43. The topological polar surface area (TPSA) is 29.3 Å². The summed E-state index contributed by atoms with van der Waals surface area (Å²) in [4.78, 5) is 1.47. The zero-order valence-electron chi connectivity index (χ0n) is 9.84. The van der Waals surface area contributed by atoms with E-state index in [9.17, 15) is 13.2 Å². The number of alkyl halides is 3. The molecule has 16 heavy (non-hydrogen) atoms. The molecule has 0 aromatic carbocycles. The van der Waals surface area contributed by atoms with Crippen LogP contribution in [-0.2, 0) is 0 Å². The summed E-state index contributed by atoms with van der Waals surface area (Å²) in [7, 11) is 0. The number of thioether (sulfide) groups is 1. The highest BCUT2D eigenvalue weighted by Gasteiger charge is 2.47. The van der Waals surface area contributed by atoms with Crippen molar-refractivity contribution in [2.75, 3.05) is 18.8 Å². The molecule has 0 aliphatic carbocycles. The maximum Gasteiger partial charge on any atom is 0.405 e. The van der Waals surface area contributed by atoms with Gasteiger partial charge in [0.25, 0.3) is 0 Å². The predicted octanol–water partition coefficient (Wildman–Crippen LogP) is 2.09. The van der Waals surface area contributed by atoms with Gasteiger partial charge in [0.05, 0.1) is 0 Å². The molecule has 0 amide bonds. The van der Waals surface area contributed by atoms with Crippen molar-refractivity contribution in [2.24, 2.45) is 5.73 Å². The molecule has 0 spiro atoms. The Labute approximate surface area is 98.7 Å². The van der Waals surface area contributed by atoms with Gasteiger partial charge < -0.3 is 5.73 Å². The van der Waals surface area contributed by atoms with Crippen LogP contribution >= 0.6 is 11.8 Å². The van der Waals surface area contributed by atoms with Crippen LogP contribution < -0.4 is 5.73 Å². The zero-order chi connectivity index (χ0) is 12.6. The van der Waals surface area contributed by atoms with E-state index in [1.54, 1.807) is 11.8 Å². The second kappa shape index (κ2) is 4.74. The van der Waals surface area contributed by atoms with Crippen molar-refractivity contribution in [3.8, 4) is 0 Å². The summed E-state index contributed by atoms with van der Waals surface area (Å²) in [6.07, 6.45) is -4.24. The fraction of sp³-hybridized carbons (Fsp3) is 1.00. The van der Waals surface area contributed by atoms with Crippen molar-refractivity contribution in [2.45, 2.75) is 43.8 Å². The largest absolute Gasteiger partial charge is 0.405 e. The van der Waals surface area contributed by atoms with Crippen LogP contribution in [-0.4, -0.2) is 46.7 Å². The monoisotopic (exact) mass is 256 g/mol. The summed E-state index contributed by atoms with van der Waals surface area (Å²) in [5.41, 5.74) is 5.47. The third-order valence-electron chi connectivity index (χ3n) is 2.68. The Hall–Kier alpha value is 0.0600. The Morgan fingerprint density at radius 3 is 2.31 bits per heavy atom.